The van der Waals surface area contributed by atoms with Crippen molar-refractivity contribution in [3.8, 4) is 0 Å². The van der Waals surface area contributed by atoms with Crippen molar-refractivity contribution in [1.29, 1.82) is 0 Å². The molecule has 0 aliphatic rings. The molecule has 14 heavy (non-hydrogen) atoms. The van der Waals surface area contributed by atoms with Crippen molar-refractivity contribution >= 4 is 27.9 Å². The zero-order valence-electron chi connectivity index (χ0n) is 6.81. The highest BCUT2D eigenvalue weighted by Gasteiger charge is 2.13. The molecule has 0 radical (unpaired) electrons. The molecule has 1 rings (SSSR count). The van der Waals surface area contributed by atoms with Crippen LogP contribution in [0.25, 0.3) is 0 Å². The molecule has 0 saturated heterocycles. The number of hydrogen-bond acceptors (Lipinski definition) is 4. The van der Waals surface area contributed by atoms with Gasteiger partial charge in [0.15, 0.2) is 0 Å². The van der Waals surface area contributed by atoms with Gasteiger partial charge < -0.3 is 4.18 Å². The van der Waals surface area contributed by atoms with Gasteiger partial charge in [-0.25, -0.2) is 4.79 Å². The van der Waals surface area contributed by atoms with Crippen LogP contribution in [0.5, 0.6) is 0 Å². The van der Waals surface area contributed by atoms with Crippen LogP contribution < -0.4 is 5.14 Å². The maximum Gasteiger partial charge on any atom is 0.382 e. The Labute approximate surface area is 85.7 Å². The van der Waals surface area contributed by atoms with Crippen LogP contribution in [-0.4, -0.2) is 14.4 Å². The van der Waals surface area contributed by atoms with Gasteiger partial charge in [0.25, 0.3) is 0 Å². The van der Waals surface area contributed by atoms with E-state index < -0.39 is 16.3 Å². The second-order valence-corrected chi connectivity index (χ2v) is 3.96. The van der Waals surface area contributed by atoms with Crippen molar-refractivity contribution in [2.75, 3.05) is 0 Å². The molecule has 5 nitrogen and oxygen atoms in total. The molecular weight excluding hydrogens is 230 g/mol. The number of nitrogens with two attached hydrogens (primary N) is 1. The molecule has 1 aromatic rings. The van der Waals surface area contributed by atoms with Gasteiger partial charge in [0.05, 0.1) is 5.56 Å². The normalized spacial score (nSPS) is 11.0. The summed E-state index contributed by atoms with van der Waals surface area (Å²) in [6.45, 7) is 0. The maximum atomic E-state index is 11.0. The minimum atomic E-state index is -4.26. The van der Waals surface area contributed by atoms with Gasteiger partial charge in [-0.05, 0) is 24.3 Å². The van der Waals surface area contributed by atoms with E-state index in [1.807, 2.05) is 0 Å². The lowest BCUT2D eigenvalue weighted by atomic mass is 10.2. The molecule has 76 valence electrons. The van der Waals surface area contributed by atoms with Gasteiger partial charge in [-0.3, -0.25) is 0 Å². The molecule has 0 saturated carbocycles. The van der Waals surface area contributed by atoms with E-state index in [0.29, 0.717) is 5.02 Å². The Balaban J connectivity index is 2.86. The summed E-state index contributed by atoms with van der Waals surface area (Å²) in [5, 5.41) is 4.93. The van der Waals surface area contributed by atoms with Crippen molar-refractivity contribution in [1.82, 2.24) is 0 Å². The summed E-state index contributed by atoms with van der Waals surface area (Å²) in [4.78, 5) is 11.0. The Bertz CT molecular complexity index is 439. The molecule has 0 spiro atoms. The lowest BCUT2D eigenvalue weighted by Crippen LogP contribution is -2.20. The van der Waals surface area contributed by atoms with E-state index in [1.54, 1.807) is 0 Å². The summed E-state index contributed by atoms with van der Waals surface area (Å²) in [5.74, 6) is -1.04. The second-order valence-electron chi connectivity index (χ2n) is 2.37. The number of hydrogen-bond donors (Lipinski definition) is 1. The molecular formula is C7H6ClNO4S. The maximum absolute atomic E-state index is 11.0. The molecule has 0 aliphatic heterocycles. The quantitative estimate of drug-likeness (QED) is 0.818. The lowest BCUT2D eigenvalue weighted by molar-refractivity contribution is 0.0747. The number of benzene rings is 1. The van der Waals surface area contributed by atoms with Gasteiger partial charge >= 0.3 is 16.3 Å². The standard InChI is InChI=1S/C7H6ClNO4S/c8-6-3-1-5(2-4-6)7(10)13-14(9,11)12/h1-4H,(H2,9,11,12). The van der Waals surface area contributed by atoms with E-state index in [2.05, 4.69) is 9.32 Å². The smallest absolute Gasteiger partial charge is 0.330 e. The van der Waals surface area contributed by atoms with Crippen LogP contribution in [0.4, 0.5) is 0 Å². The van der Waals surface area contributed by atoms with E-state index in [4.69, 9.17) is 11.6 Å². The summed E-state index contributed by atoms with van der Waals surface area (Å²) in [6, 6.07) is 5.52. The average Bonchev–Trinajstić information content (AvgIpc) is 2.02. The number of halogens is 1. The van der Waals surface area contributed by atoms with E-state index in [-0.39, 0.29) is 5.56 Å². The molecule has 0 aromatic heterocycles. The summed E-state index contributed by atoms with van der Waals surface area (Å²) >= 11 is 5.55. The summed E-state index contributed by atoms with van der Waals surface area (Å²) in [6.07, 6.45) is 0. The molecule has 7 heteroatoms. The topological polar surface area (TPSA) is 86.5 Å². The first-order chi connectivity index (χ1) is 6.38. The number of carbonyl (C=O) groups excluding carboxylic acids is 1. The van der Waals surface area contributed by atoms with Crippen molar-refractivity contribution < 1.29 is 17.4 Å². The Morgan fingerprint density at radius 1 is 1.29 bits per heavy atom. The Hall–Kier alpha value is -1.11. The molecule has 0 atom stereocenters. The Morgan fingerprint density at radius 3 is 2.21 bits per heavy atom. The minimum Gasteiger partial charge on any atom is -0.330 e. The second kappa shape index (κ2) is 3.95. The third kappa shape index (κ3) is 3.33. The lowest BCUT2D eigenvalue weighted by Gasteiger charge is -2.00. The molecule has 2 N–H and O–H groups in total. The van der Waals surface area contributed by atoms with E-state index >= 15 is 0 Å². The highest BCUT2D eigenvalue weighted by Crippen LogP contribution is 2.10. The van der Waals surface area contributed by atoms with Crippen LogP contribution in [0.2, 0.25) is 5.02 Å². The molecule has 1 aromatic carbocycles. The summed E-state index contributed by atoms with van der Waals surface area (Å²) < 4.78 is 24.7. The molecule has 0 amide bonds. The summed E-state index contributed by atoms with van der Waals surface area (Å²) in [5.41, 5.74) is 0.0587. The van der Waals surface area contributed by atoms with Crippen molar-refractivity contribution in [3.63, 3.8) is 0 Å². The van der Waals surface area contributed by atoms with Crippen LogP contribution in [0.3, 0.4) is 0 Å². The molecule has 0 heterocycles. The third-order valence-electron chi connectivity index (χ3n) is 1.27. The number of carbonyl (C=O) groups is 1. The SMILES string of the molecule is NS(=O)(=O)OC(=O)c1ccc(Cl)cc1. The monoisotopic (exact) mass is 235 g/mol. The van der Waals surface area contributed by atoms with Crippen molar-refractivity contribution in [2.45, 2.75) is 0 Å². The van der Waals surface area contributed by atoms with E-state index in [9.17, 15) is 13.2 Å². The zero-order valence-corrected chi connectivity index (χ0v) is 8.38. The Morgan fingerprint density at radius 2 is 1.79 bits per heavy atom. The predicted octanol–water partition coefficient (Wildman–Crippen LogP) is 0.700. The van der Waals surface area contributed by atoms with E-state index in [1.165, 1.54) is 24.3 Å². The van der Waals surface area contributed by atoms with Crippen LogP contribution in [-0.2, 0) is 14.5 Å². The zero-order chi connectivity index (χ0) is 10.8. The van der Waals surface area contributed by atoms with Gasteiger partial charge in [0.1, 0.15) is 0 Å². The van der Waals surface area contributed by atoms with Gasteiger partial charge in [-0.2, -0.15) is 13.6 Å². The third-order valence-corrected chi connectivity index (χ3v) is 1.91. The van der Waals surface area contributed by atoms with Crippen LogP contribution >= 0.6 is 11.6 Å². The summed E-state index contributed by atoms with van der Waals surface area (Å²) in [7, 11) is -4.26. The van der Waals surface area contributed by atoms with E-state index in [0.717, 1.165) is 0 Å². The molecule has 0 bridgehead atoms. The van der Waals surface area contributed by atoms with Crippen molar-refractivity contribution in [3.05, 3.63) is 34.9 Å². The first-order valence-corrected chi connectivity index (χ1v) is 5.25. The van der Waals surface area contributed by atoms with Gasteiger partial charge in [0.2, 0.25) is 0 Å². The fraction of sp³-hybridized carbons (Fsp3) is 0. The highest BCUT2D eigenvalue weighted by atomic mass is 35.5. The van der Waals surface area contributed by atoms with Crippen LogP contribution in [0.1, 0.15) is 10.4 Å². The average molecular weight is 236 g/mol. The first kappa shape index (κ1) is 11.0. The fourth-order valence-electron chi connectivity index (χ4n) is 0.740. The van der Waals surface area contributed by atoms with Crippen LogP contribution in [0.15, 0.2) is 24.3 Å². The van der Waals surface area contributed by atoms with Crippen molar-refractivity contribution in [2.24, 2.45) is 5.14 Å². The largest absolute Gasteiger partial charge is 0.382 e. The van der Waals surface area contributed by atoms with Crippen LogP contribution in [0, 0.1) is 0 Å². The minimum absolute atomic E-state index is 0.0587. The molecule has 0 fully saturated rings. The van der Waals surface area contributed by atoms with Gasteiger partial charge in [-0.1, -0.05) is 11.6 Å². The molecule has 0 aliphatic carbocycles. The predicted molar refractivity (Wildman–Crippen MR) is 50.0 cm³/mol. The first-order valence-electron chi connectivity index (χ1n) is 3.40. The van der Waals surface area contributed by atoms with Gasteiger partial charge in [0, 0.05) is 5.02 Å². The number of rotatable bonds is 2. The molecule has 0 unspecified atom stereocenters. The highest BCUT2D eigenvalue weighted by molar-refractivity contribution is 7.84. The van der Waals surface area contributed by atoms with Gasteiger partial charge in [-0.15, -0.1) is 0 Å². The fourth-order valence-corrected chi connectivity index (χ4v) is 1.17. The Kier molecular flexibility index (Phi) is 3.10.